The van der Waals surface area contributed by atoms with Crippen LogP contribution in [-0.2, 0) is 0 Å². The molecule has 0 unspecified atom stereocenters. The second-order valence-corrected chi connectivity index (χ2v) is 3.59. The van der Waals surface area contributed by atoms with E-state index in [0.29, 0.717) is 9.86 Å². The normalized spacial score (nSPS) is 9.57. The smallest absolute Gasteiger partial charge is 0.312 e. The van der Waals surface area contributed by atoms with E-state index in [2.05, 4.69) is 0 Å². The number of hydrogen-bond donors (Lipinski definition) is 0. The third kappa shape index (κ3) is 2.00. The minimum Gasteiger partial charge on any atom is -0.489 e. The molecule has 1 aromatic carbocycles. The molecule has 0 fully saturated rings. The van der Waals surface area contributed by atoms with Crippen LogP contribution in [0.25, 0.3) is 0 Å². The van der Waals surface area contributed by atoms with Gasteiger partial charge in [0.25, 0.3) is 0 Å². The lowest BCUT2D eigenvalue weighted by Gasteiger charge is -2.04. The molecule has 0 saturated carbocycles. The number of carbonyl (C=O) groups excluding carboxylic acids is 1. The molecule has 5 nitrogen and oxygen atoms in total. The zero-order valence-electron chi connectivity index (χ0n) is 7.19. The Labute approximate surface area is 93.4 Å². The van der Waals surface area contributed by atoms with Gasteiger partial charge in [-0.25, -0.2) is 0 Å². The molecule has 0 aliphatic carbocycles. The summed E-state index contributed by atoms with van der Waals surface area (Å²) >= 11 is 1.88. The second-order valence-electron chi connectivity index (χ2n) is 2.43. The minimum atomic E-state index is -0.575. The molecule has 0 amide bonds. The van der Waals surface area contributed by atoms with E-state index in [-0.39, 0.29) is 17.0 Å². The maximum atomic E-state index is 10.6. The lowest BCUT2D eigenvalue weighted by atomic mass is 10.2. The molecular weight excluding hydrogens is 301 g/mol. The van der Waals surface area contributed by atoms with Crippen LogP contribution in [0.15, 0.2) is 12.1 Å². The van der Waals surface area contributed by atoms with Gasteiger partial charge in [0, 0.05) is 11.6 Å². The Hall–Kier alpha value is -1.18. The Balaban J connectivity index is 3.42. The van der Waals surface area contributed by atoms with Gasteiger partial charge in [0.15, 0.2) is 0 Å². The van der Waals surface area contributed by atoms with Crippen LogP contribution < -0.4 is 4.74 Å². The van der Waals surface area contributed by atoms with Gasteiger partial charge in [-0.15, -0.1) is 0 Å². The van der Waals surface area contributed by atoms with Crippen LogP contribution in [0.4, 0.5) is 5.69 Å². The first-order valence-corrected chi connectivity index (χ1v) is 4.65. The predicted molar refractivity (Wildman–Crippen MR) is 57.8 cm³/mol. The number of nitro benzene ring substituents is 1. The summed E-state index contributed by atoms with van der Waals surface area (Å²) in [5, 5.41) is 10.6. The Morgan fingerprint density at radius 3 is 2.64 bits per heavy atom. The first-order valence-electron chi connectivity index (χ1n) is 3.57. The van der Waals surface area contributed by atoms with Crippen molar-refractivity contribution in [3.8, 4) is 5.75 Å². The van der Waals surface area contributed by atoms with Crippen LogP contribution in [-0.4, -0.2) is 18.3 Å². The van der Waals surface area contributed by atoms with Crippen LogP contribution in [0.1, 0.15) is 10.4 Å². The van der Waals surface area contributed by atoms with Crippen molar-refractivity contribution in [2.24, 2.45) is 0 Å². The Bertz CT molecular complexity index is 391. The van der Waals surface area contributed by atoms with Crippen molar-refractivity contribution in [2.75, 3.05) is 7.11 Å². The van der Waals surface area contributed by atoms with Crippen molar-refractivity contribution in [3.63, 3.8) is 0 Å². The van der Waals surface area contributed by atoms with Gasteiger partial charge in [-0.2, -0.15) is 0 Å². The third-order valence-corrected chi connectivity index (χ3v) is 2.38. The predicted octanol–water partition coefficient (Wildman–Crippen LogP) is 2.02. The average molecular weight is 307 g/mol. The molecule has 0 aliphatic rings. The largest absolute Gasteiger partial charge is 0.489 e. The highest BCUT2D eigenvalue weighted by Gasteiger charge is 2.18. The summed E-state index contributed by atoms with van der Waals surface area (Å²) in [5.41, 5.74) is 0.0726. The highest BCUT2D eigenvalue weighted by molar-refractivity contribution is 14.1. The van der Waals surface area contributed by atoms with Gasteiger partial charge in [-0.05, 0) is 28.7 Å². The fraction of sp³-hybridized carbons (Fsp3) is 0.125. The Kier molecular flexibility index (Phi) is 3.39. The molecule has 6 heteroatoms. The van der Waals surface area contributed by atoms with Crippen LogP contribution in [0.5, 0.6) is 5.75 Å². The first-order chi connectivity index (χ1) is 6.60. The number of halogens is 1. The number of methoxy groups -OCH3 is 1. The fourth-order valence-electron chi connectivity index (χ4n) is 1.01. The van der Waals surface area contributed by atoms with Gasteiger partial charge in [0.1, 0.15) is 6.29 Å². The van der Waals surface area contributed by atoms with Crippen LogP contribution in [0, 0.1) is 13.7 Å². The maximum absolute atomic E-state index is 10.6. The number of rotatable bonds is 3. The van der Waals surface area contributed by atoms with Crippen molar-refractivity contribution in [3.05, 3.63) is 31.4 Å². The van der Waals surface area contributed by atoms with Gasteiger partial charge in [0.2, 0.25) is 5.75 Å². The summed E-state index contributed by atoms with van der Waals surface area (Å²) in [5.74, 6) is 0.182. The number of nitrogens with zero attached hydrogens (tertiary/aromatic N) is 1. The lowest BCUT2D eigenvalue weighted by Crippen LogP contribution is -1.97. The van der Waals surface area contributed by atoms with E-state index in [1.807, 2.05) is 22.6 Å². The van der Waals surface area contributed by atoms with Crippen molar-refractivity contribution >= 4 is 34.6 Å². The molecule has 0 saturated heterocycles. The summed E-state index contributed by atoms with van der Waals surface area (Å²) < 4.78 is 5.41. The number of carbonyl (C=O) groups is 1. The van der Waals surface area contributed by atoms with Crippen LogP contribution in [0.2, 0.25) is 0 Å². The average Bonchev–Trinajstić information content (AvgIpc) is 2.16. The topological polar surface area (TPSA) is 69.4 Å². The van der Waals surface area contributed by atoms with Crippen LogP contribution in [0.3, 0.4) is 0 Å². The molecule has 0 spiro atoms. The highest BCUT2D eigenvalue weighted by Crippen LogP contribution is 2.32. The van der Waals surface area contributed by atoms with Gasteiger partial charge >= 0.3 is 5.69 Å². The standard InChI is InChI=1S/C8H6INO4/c1-14-8-6(9)2-5(4-11)3-7(8)10(12)13/h2-4H,1H3. The monoisotopic (exact) mass is 307 g/mol. The number of ether oxygens (including phenoxy) is 1. The molecule has 0 N–H and O–H groups in total. The molecular formula is C8H6INO4. The number of benzene rings is 1. The lowest BCUT2D eigenvalue weighted by molar-refractivity contribution is -0.385. The summed E-state index contributed by atoms with van der Waals surface area (Å²) in [6.07, 6.45) is 0.564. The Morgan fingerprint density at radius 1 is 1.57 bits per heavy atom. The van der Waals surface area contributed by atoms with Gasteiger partial charge < -0.3 is 4.74 Å². The molecule has 0 bridgehead atoms. The molecule has 1 rings (SSSR count). The second kappa shape index (κ2) is 4.36. The van der Waals surface area contributed by atoms with Crippen molar-refractivity contribution in [1.29, 1.82) is 0 Å². The SMILES string of the molecule is COc1c(I)cc(C=O)cc1[N+](=O)[O-]. The summed E-state index contributed by atoms with van der Waals surface area (Å²) in [7, 11) is 1.35. The molecule has 0 atom stereocenters. The molecule has 1 aromatic rings. The number of aldehydes is 1. The van der Waals surface area contributed by atoms with E-state index in [0.717, 1.165) is 0 Å². The van der Waals surface area contributed by atoms with Crippen molar-refractivity contribution in [1.82, 2.24) is 0 Å². The number of hydrogen-bond acceptors (Lipinski definition) is 4. The quantitative estimate of drug-likeness (QED) is 0.371. The van der Waals surface area contributed by atoms with Gasteiger partial charge in [-0.3, -0.25) is 14.9 Å². The van der Waals surface area contributed by atoms with E-state index in [9.17, 15) is 14.9 Å². The van der Waals surface area contributed by atoms with E-state index in [4.69, 9.17) is 4.74 Å². The van der Waals surface area contributed by atoms with E-state index >= 15 is 0 Å². The molecule has 0 heterocycles. The fourth-order valence-corrected chi connectivity index (χ4v) is 1.86. The maximum Gasteiger partial charge on any atom is 0.312 e. The Morgan fingerprint density at radius 2 is 2.21 bits per heavy atom. The van der Waals surface area contributed by atoms with Gasteiger partial charge in [0.05, 0.1) is 15.6 Å². The van der Waals surface area contributed by atoms with E-state index < -0.39 is 4.92 Å². The van der Waals surface area contributed by atoms with Crippen LogP contribution >= 0.6 is 22.6 Å². The summed E-state index contributed by atoms with van der Waals surface area (Å²) in [6.45, 7) is 0. The number of nitro groups is 1. The molecule has 0 radical (unpaired) electrons. The van der Waals surface area contributed by atoms with E-state index in [1.54, 1.807) is 0 Å². The van der Waals surface area contributed by atoms with Crippen molar-refractivity contribution in [2.45, 2.75) is 0 Å². The van der Waals surface area contributed by atoms with Crippen molar-refractivity contribution < 1.29 is 14.5 Å². The zero-order valence-corrected chi connectivity index (χ0v) is 9.35. The zero-order chi connectivity index (χ0) is 10.7. The van der Waals surface area contributed by atoms with E-state index in [1.165, 1.54) is 19.2 Å². The summed E-state index contributed by atoms with van der Waals surface area (Å²) in [4.78, 5) is 20.5. The molecule has 14 heavy (non-hydrogen) atoms. The minimum absolute atomic E-state index is 0.182. The molecule has 0 aromatic heterocycles. The highest BCUT2D eigenvalue weighted by atomic mass is 127. The first kappa shape index (κ1) is 10.9. The summed E-state index contributed by atoms with van der Waals surface area (Å²) in [6, 6.07) is 2.72. The molecule has 74 valence electrons. The van der Waals surface area contributed by atoms with Gasteiger partial charge in [-0.1, -0.05) is 0 Å². The third-order valence-electron chi connectivity index (χ3n) is 1.58. The molecule has 0 aliphatic heterocycles.